The fourth-order valence-corrected chi connectivity index (χ4v) is 1.88. The minimum absolute atomic E-state index is 0.455. The van der Waals surface area contributed by atoms with Crippen molar-refractivity contribution >= 4 is 29.2 Å². The van der Waals surface area contributed by atoms with Crippen LogP contribution in [0.2, 0.25) is 10.0 Å². The fourth-order valence-electron chi connectivity index (χ4n) is 1.37. The summed E-state index contributed by atoms with van der Waals surface area (Å²) in [5.74, 6) is 0.455. The maximum absolute atomic E-state index is 6.08. The number of imidazole rings is 1. The zero-order valence-electron chi connectivity index (χ0n) is 8.04. The van der Waals surface area contributed by atoms with Crippen molar-refractivity contribution in [3.05, 3.63) is 34.4 Å². The first-order valence-electron chi connectivity index (χ1n) is 4.32. The summed E-state index contributed by atoms with van der Waals surface area (Å²) in [6, 6.07) is 5.33. The van der Waals surface area contributed by atoms with Crippen LogP contribution in [-0.4, -0.2) is 9.55 Å². The molecule has 78 valence electrons. The van der Waals surface area contributed by atoms with Crippen LogP contribution < -0.4 is 5.73 Å². The quantitative estimate of drug-likeness (QED) is 0.835. The van der Waals surface area contributed by atoms with E-state index in [1.165, 1.54) is 0 Å². The number of benzene rings is 1. The maximum Gasteiger partial charge on any atom is 0.200 e. The van der Waals surface area contributed by atoms with Crippen LogP contribution in [0.25, 0.3) is 11.3 Å². The highest BCUT2D eigenvalue weighted by Crippen LogP contribution is 2.30. The minimum Gasteiger partial charge on any atom is -0.369 e. The molecule has 0 radical (unpaired) electrons. The van der Waals surface area contributed by atoms with Gasteiger partial charge in [0, 0.05) is 17.6 Å². The van der Waals surface area contributed by atoms with E-state index >= 15 is 0 Å². The van der Waals surface area contributed by atoms with E-state index in [1.54, 1.807) is 22.9 Å². The maximum atomic E-state index is 6.08. The van der Waals surface area contributed by atoms with E-state index in [0.717, 1.165) is 11.3 Å². The van der Waals surface area contributed by atoms with Gasteiger partial charge in [-0.2, -0.15) is 0 Å². The molecule has 0 unspecified atom stereocenters. The third-order valence-electron chi connectivity index (χ3n) is 2.23. The molecule has 3 nitrogen and oxygen atoms in total. The molecule has 1 aromatic carbocycles. The summed E-state index contributed by atoms with van der Waals surface area (Å²) in [4.78, 5) is 4.01. The van der Waals surface area contributed by atoms with Gasteiger partial charge in [-0.15, -0.1) is 0 Å². The van der Waals surface area contributed by atoms with Crippen LogP contribution in [0.3, 0.4) is 0 Å². The first-order chi connectivity index (χ1) is 7.09. The molecule has 1 heterocycles. The predicted octanol–water partition coefficient (Wildman–Crippen LogP) is 2.98. The summed E-state index contributed by atoms with van der Waals surface area (Å²) in [5.41, 5.74) is 7.38. The lowest BCUT2D eigenvalue weighted by molar-refractivity contribution is 0.938. The van der Waals surface area contributed by atoms with Crippen LogP contribution in [0, 0.1) is 0 Å². The van der Waals surface area contributed by atoms with Crippen molar-refractivity contribution in [3.8, 4) is 11.3 Å². The first kappa shape index (κ1) is 10.3. The molecule has 0 saturated heterocycles. The Bertz CT molecular complexity index is 505. The minimum atomic E-state index is 0.455. The lowest BCUT2D eigenvalue weighted by atomic mass is 10.2. The lowest BCUT2D eigenvalue weighted by Crippen LogP contribution is -1.98. The molecular weight excluding hydrogens is 233 g/mol. The van der Waals surface area contributed by atoms with E-state index in [1.807, 2.05) is 13.1 Å². The van der Waals surface area contributed by atoms with Crippen LogP contribution in [-0.2, 0) is 7.05 Å². The highest BCUT2D eigenvalue weighted by Gasteiger charge is 2.09. The molecule has 0 atom stereocenters. The Kier molecular flexibility index (Phi) is 2.59. The van der Waals surface area contributed by atoms with Crippen LogP contribution >= 0.6 is 23.2 Å². The van der Waals surface area contributed by atoms with Crippen molar-refractivity contribution in [2.45, 2.75) is 0 Å². The molecule has 1 aromatic heterocycles. The molecule has 15 heavy (non-hydrogen) atoms. The van der Waals surface area contributed by atoms with Gasteiger partial charge in [-0.25, -0.2) is 4.98 Å². The number of aromatic nitrogens is 2. The number of halogens is 2. The first-order valence-corrected chi connectivity index (χ1v) is 5.08. The Morgan fingerprint density at radius 1 is 1.33 bits per heavy atom. The van der Waals surface area contributed by atoms with Crippen molar-refractivity contribution < 1.29 is 0 Å². The second-order valence-electron chi connectivity index (χ2n) is 3.18. The molecule has 5 heteroatoms. The van der Waals surface area contributed by atoms with Crippen molar-refractivity contribution in [3.63, 3.8) is 0 Å². The molecule has 2 N–H and O–H groups in total. The number of nitrogens with zero attached hydrogens (tertiary/aromatic N) is 2. The number of nitrogens with two attached hydrogens (primary N) is 1. The molecule has 2 rings (SSSR count). The van der Waals surface area contributed by atoms with Crippen LogP contribution in [0.5, 0.6) is 0 Å². The molecule has 0 bridgehead atoms. The van der Waals surface area contributed by atoms with Gasteiger partial charge in [-0.1, -0.05) is 23.2 Å². The normalized spacial score (nSPS) is 10.6. The monoisotopic (exact) mass is 241 g/mol. The van der Waals surface area contributed by atoms with Crippen molar-refractivity contribution in [2.75, 3.05) is 5.73 Å². The molecule has 2 aromatic rings. The van der Waals surface area contributed by atoms with Gasteiger partial charge < -0.3 is 10.3 Å². The number of rotatable bonds is 1. The predicted molar refractivity (Wildman–Crippen MR) is 63.1 cm³/mol. The third kappa shape index (κ3) is 1.80. The van der Waals surface area contributed by atoms with E-state index in [-0.39, 0.29) is 0 Å². The molecule has 0 saturated carbocycles. The summed E-state index contributed by atoms with van der Waals surface area (Å²) < 4.78 is 1.77. The van der Waals surface area contributed by atoms with Crippen molar-refractivity contribution in [1.82, 2.24) is 9.55 Å². The zero-order valence-corrected chi connectivity index (χ0v) is 9.55. The number of anilines is 1. The van der Waals surface area contributed by atoms with E-state index in [2.05, 4.69) is 4.98 Å². The molecule has 0 aliphatic heterocycles. The summed E-state index contributed by atoms with van der Waals surface area (Å²) in [6.45, 7) is 0. The molecule has 0 spiro atoms. The van der Waals surface area contributed by atoms with Crippen LogP contribution in [0.1, 0.15) is 0 Å². The van der Waals surface area contributed by atoms with Crippen molar-refractivity contribution in [2.24, 2.45) is 7.05 Å². The Balaban J connectivity index is 2.59. The Labute approximate surface area is 97.4 Å². The van der Waals surface area contributed by atoms with E-state index < -0.39 is 0 Å². The smallest absolute Gasteiger partial charge is 0.200 e. The fraction of sp³-hybridized carbons (Fsp3) is 0.100. The highest BCUT2D eigenvalue weighted by atomic mass is 35.5. The zero-order chi connectivity index (χ0) is 11.0. The van der Waals surface area contributed by atoms with Crippen molar-refractivity contribution in [1.29, 1.82) is 0 Å². The highest BCUT2D eigenvalue weighted by molar-refractivity contribution is 6.36. The molecular formula is C10H9Cl2N3. The number of hydrogen-bond donors (Lipinski definition) is 1. The Hall–Kier alpha value is -1.19. The molecule has 0 aliphatic carbocycles. The lowest BCUT2D eigenvalue weighted by Gasteiger charge is -2.05. The van der Waals surface area contributed by atoms with Gasteiger partial charge in [0.2, 0.25) is 0 Å². The van der Waals surface area contributed by atoms with Gasteiger partial charge in [-0.05, 0) is 18.2 Å². The third-order valence-corrected chi connectivity index (χ3v) is 2.78. The topological polar surface area (TPSA) is 43.8 Å². The van der Waals surface area contributed by atoms with Crippen LogP contribution in [0.15, 0.2) is 24.4 Å². The molecule has 0 aliphatic rings. The largest absolute Gasteiger partial charge is 0.369 e. The molecule has 0 fully saturated rings. The van der Waals surface area contributed by atoms with Gasteiger partial charge in [0.1, 0.15) is 0 Å². The second-order valence-corrected chi connectivity index (χ2v) is 4.03. The van der Waals surface area contributed by atoms with Gasteiger partial charge in [0.25, 0.3) is 0 Å². The van der Waals surface area contributed by atoms with Gasteiger partial charge in [0.15, 0.2) is 5.95 Å². The standard InChI is InChI=1S/C10H9Cl2N3/c1-15-9(5-14-10(15)13)7-3-2-6(11)4-8(7)12/h2-5H,1H3,(H2,13,14). The average molecular weight is 242 g/mol. The summed E-state index contributed by atoms with van der Waals surface area (Å²) >= 11 is 11.9. The number of hydrogen-bond acceptors (Lipinski definition) is 2. The van der Waals surface area contributed by atoms with E-state index in [0.29, 0.717) is 16.0 Å². The Morgan fingerprint density at radius 3 is 2.60 bits per heavy atom. The second kappa shape index (κ2) is 3.76. The Morgan fingerprint density at radius 2 is 2.07 bits per heavy atom. The summed E-state index contributed by atoms with van der Waals surface area (Å²) in [6.07, 6.45) is 1.68. The van der Waals surface area contributed by atoms with Gasteiger partial charge in [0.05, 0.1) is 16.9 Å². The average Bonchev–Trinajstić information content (AvgIpc) is 2.49. The van der Waals surface area contributed by atoms with Gasteiger partial charge >= 0.3 is 0 Å². The molecule has 0 amide bonds. The van der Waals surface area contributed by atoms with E-state index in [4.69, 9.17) is 28.9 Å². The SMILES string of the molecule is Cn1c(-c2ccc(Cl)cc2Cl)cnc1N. The summed E-state index contributed by atoms with van der Waals surface area (Å²) in [7, 11) is 1.84. The van der Waals surface area contributed by atoms with Crippen LogP contribution in [0.4, 0.5) is 5.95 Å². The van der Waals surface area contributed by atoms with E-state index in [9.17, 15) is 0 Å². The summed E-state index contributed by atoms with van der Waals surface area (Å²) in [5, 5.41) is 1.20. The number of nitrogen functional groups attached to an aromatic ring is 1. The van der Waals surface area contributed by atoms with Gasteiger partial charge in [-0.3, -0.25) is 0 Å².